The molecule has 0 spiro atoms. The van der Waals surface area contributed by atoms with Crippen LogP contribution in [0.1, 0.15) is 18.1 Å². The minimum Gasteiger partial charge on any atom is -0.495 e. The molecule has 2 N–H and O–H groups in total. The van der Waals surface area contributed by atoms with Gasteiger partial charge in [-0.25, -0.2) is 0 Å². The van der Waals surface area contributed by atoms with Crippen LogP contribution in [0.3, 0.4) is 0 Å². The second-order valence-corrected chi connectivity index (χ2v) is 5.48. The summed E-state index contributed by atoms with van der Waals surface area (Å²) in [5.41, 5.74) is 0.762. The van der Waals surface area contributed by atoms with E-state index in [1.807, 2.05) is 31.1 Å². The molecule has 0 bridgehead atoms. The molecule has 110 valence electrons. The molecule has 0 radical (unpaired) electrons. The van der Waals surface area contributed by atoms with Gasteiger partial charge in [0.2, 0.25) is 0 Å². The van der Waals surface area contributed by atoms with Crippen LogP contribution in [0, 0.1) is 11.3 Å². The smallest absolute Gasteiger partial charge is 0.136 e. The van der Waals surface area contributed by atoms with E-state index >= 15 is 0 Å². The lowest BCUT2D eigenvalue weighted by Gasteiger charge is -2.27. The summed E-state index contributed by atoms with van der Waals surface area (Å²) in [5, 5.41) is 22.3. The quantitative estimate of drug-likeness (QED) is 0.777. The highest BCUT2D eigenvalue weighted by molar-refractivity contribution is 5.45. The zero-order chi connectivity index (χ0) is 15.2. The predicted molar refractivity (Wildman–Crippen MR) is 78.6 cm³/mol. The van der Waals surface area contributed by atoms with E-state index in [1.165, 1.54) is 0 Å². The Balaban J connectivity index is 2.56. The zero-order valence-electron chi connectivity index (χ0n) is 12.6. The molecular weight excluding hydrogens is 254 g/mol. The Morgan fingerprint density at radius 3 is 2.70 bits per heavy atom. The van der Waals surface area contributed by atoms with E-state index in [9.17, 15) is 5.11 Å². The average molecular weight is 277 g/mol. The lowest BCUT2D eigenvalue weighted by atomic mass is 10.1. The second kappa shape index (κ2) is 7.25. The first-order valence-electron chi connectivity index (χ1n) is 6.53. The van der Waals surface area contributed by atoms with E-state index in [0.29, 0.717) is 30.9 Å². The Morgan fingerprint density at radius 1 is 1.45 bits per heavy atom. The zero-order valence-corrected chi connectivity index (χ0v) is 12.6. The van der Waals surface area contributed by atoms with E-state index in [0.717, 1.165) is 5.56 Å². The van der Waals surface area contributed by atoms with Crippen molar-refractivity contribution < 1.29 is 9.84 Å². The van der Waals surface area contributed by atoms with Crippen LogP contribution in [0.25, 0.3) is 0 Å². The Labute approximate surface area is 120 Å². The average Bonchev–Trinajstić information content (AvgIpc) is 2.36. The van der Waals surface area contributed by atoms with Crippen LogP contribution >= 0.6 is 0 Å². The first-order chi connectivity index (χ1) is 9.38. The lowest BCUT2D eigenvalue weighted by Crippen LogP contribution is -2.45. The summed E-state index contributed by atoms with van der Waals surface area (Å²) < 4.78 is 5.17. The van der Waals surface area contributed by atoms with Crippen molar-refractivity contribution in [3.63, 3.8) is 0 Å². The van der Waals surface area contributed by atoms with Gasteiger partial charge in [-0.1, -0.05) is 6.07 Å². The Morgan fingerprint density at radius 2 is 2.15 bits per heavy atom. The van der Waals surface area contributed by atoms with Gasteiger partial charge in [0.25, 0.3) is 0 Å². The molecule has 0 saturated heterocycles. The van der Waals surface area contributed by atoms with Crippen molar-refractivity contribution in [2.75, 3.05) is 34.3 Å². The number of benzene rings is 1. The summed E-state index contributed by atoms with van der Waals surface area (Å²) in [7, 11) is 5.41. The van der Waals surface area contributed by atoms with Gasteiger partial charge in [-0.15, -0.1) is 0 Å². The molecule has 0 saturated carbocycles. The maximum Gasteiger partial charge on any atom is 0.136 e. The molecule has 0 aliphatic rings. The van der Waals surface area contributed by atoms with Gasteiger partial charge in [-0.3, -0.25) is 0 Å². The van der Waals surface area contributed by atoms with E-state index in [1.54, 1.807) is 20.1 Å². The second-order valence-electron chi connectivity index (χ2n) is 5.48. The molecule has 0 aliphatic heterocycles. The Kier molecular flexibility index (Phi) is 5.96. The lowest BCUT2D eigenvalue weighted by molar-refractivity contribution is 0.0336. The molecule has 0 aromatic heterocycles. The van der Waals surface area contributed by atoms with E-state index in [-0.39, 0.29) is 0 Å². The molecule has 5 heteroatoms. The molecule has 1 aromatic carbocycles. The van der Waals surface area contributed by atoms with Crippen molar-refractivity contribution in [3.8, 4) is 11.8 Å². The van der Waals surface area contributed by atoms with Crippen LogP contribution in [0.4, 0.5) is 0 Å². The molecule has 1 unspecified atom stereocenters. The van der Waals surface area contributed by atoms with Gasteiger partial charge < -0.3 is 20.1 Å². The van der Waals surface area contributed by atoms with Crippen molar-refractivity contribution in [1.82, 2.24) is 10.2 Å². The fourth-order valence-electron chi connectivity index (χ4n) is 2.15. The highest BCUT2D eigenvalue weighted by atomic mass is 16.5. The number of aliphatic hydroxyl groups is 1. The van der Waals surface area contributed by atoms with Crippen molar-refractivity contribution in [3.05, 3.63) is 29.3 Å². The van der Waals surface area contributed by atoms with Crippen LogP contribution in [-0.4, -0.2) is 49.9 Å². The molecular formula is C15H23N3O2. The molecule has 20 heavy (non-hydrogen) atoms. The summed E-state index contributed by atoms with van der Waals surface area (Å²) in [6, 6.07) is 7.55. The minimum atomic E-state index is -0.778. The van der Waals surface area contributed by atoms with Gasteiger partial charge >= 0.3 is 0 Å². The normalized spacial score (nSPS) is 13.8. The van der Waals surface area contributed by atoms with Crippen LogP contribution < -0.4 is 10.1 Å². The van der Waals surface area contributed by atoms with Crippen molar-refractivity contribution in [2.45, 2.75) is 19.1 Å². The van der Waals surface area contributed by atoms with Crippen molar-refractivity contribution in [2.24, 2.45) is 0 Å². The number of nitrogens with zero attached hydrogens (tertiary/aromatic N) is 2. The van der Waals surface area contributed by atoms with E-state index in [4.69, 9.17) is 10.00 Å². The predicted octanol–water partition coefficient (Wildman–Crippen LogP) is 0.969. The van der Waals surface area contributed by atoms with Gasteiger partial charge in [0, 0.05) is 19.6 Å². The summed E-state index contributed by atoms with van der Waals surface area (Å²) in [5.74, 6) is 0.576. The number of methoxy groups -OCH3 is 1. The third kappa shape index (κ3) is 5.17. The molecule has 0 aliphatic carbocycles. The third-order valence-corrected chi connectivity index (χ3v) is 2.88. The van der Waals surface area contributed by atoms with Gasteiger partial charge in [-0.2, -0.15) is 5.26 Å². The van der Waals surface area contributed by atoms with Gasteiger partial charge in [0.05, 0.1) is 18.3 Å². The molecule has 0 amide bonds. The standard InChI is InChI=1S/C15H23N3O2/c1-15(19,11-18(2)3)10-17-9-12-5-6-13(8-16)14(7-12)20-4/h5-7,17,19H,9-11H2,1-4H3. The highest BCUT2D eigenvalue weighted by Gasteiger charge is 2.20. The van der Waals surface area contributed by atoms with Gasteiger partial charge in [-0.05, 0) is 38.7 Å². The van der Waals surface area contributed by atoms with Crippen LogP contribution in [0.2, 0.25) is 0 Å². The van der Waals surface area contributed by atoms with E-state index in [2.05, 4.69) is 11.4 Å². The Hall–Kier alpha value is -1.61. The summed E-state index contributed by atoms with van der Waals surface area (Å²) >= 11 is 0. The maximum absolute atomic E-state index is 10.2. The fraction of sp³-hybridized carbons (Fsp3) is 0.533. The maximum atomic E-state index is 10.2. The number of likely N-dealkylation sites (N-methyl/N-ethyl adjacent to an activating group) is 1. The number of hydrogen-bond acceptors (Lipinski definition) is 5. The third-order valence-electron chi connectivity index (χ3n) is 2.88. The van der Waals surface area contributed by atoms with E-state index < -0.39 is 5.60 Å². The molecule has 1 rings (SSSR count). The summed E-state index contributed by atoms with van der Waals surface area (Å²) in [4.78, 5) is 1.95. The number of hydrogen-bond donors (Lipinski definition) is 2. The fourth-order valence-corrected chi connectivity index (χ4v) is 2.15. The first-order valence-corrected chi connectivity index (χ1v) is 6.53. The SMILES string of the molecule is COc1cc(CNCC(C)(O)CN(C)C)ccc1C#N. The van der Waals surface area contributed by atoms with Crippen LogP contribution in [0.15, 0.2) is 18.2 Å². The number of nitriles is 1. The largest absolute Gasteiger partial charge is 0.495 e. The number of ether oxygens (including phenoxy) is 1. The molecule has 5 nitrogen and oxygen atoms in total. The molecule has 0 fully saturated rings. The van der Waals surface area contributed by atoms with Crippen LogP contribution in [-0.2, 0) is 6.54 Å². The summed E-state index contributed by atoms with van der Waals surface area (Å²) in [6.45, 7) is 3.51. The molecule has 0 heterocycles. The first kappa shape index (κ1) is 16.4. The van der Waals surface area contributed by atoms with Crippen molar-refractivity contribution in [1.29, 1.82) is 5.26 Å². The monoisotopic (exact) mass is 277 g/mol. The molecule has 1 aromatic rings. The Bertz CT molecular complexity index is 478. The van der Waals surface area contributed by atoms with Gasteiger partial charge in [0.1, 0.15) is 11.8 Å². The number of nitrogens with one attached hydrogen (secondary N) is 1. The topological polar surface area (TPSA) is 68.5 Å². The summed E-state index contributed by atoms with van der Waals surface area (Å²) in [6.07, 6.45) is 0. The van der Waals surface area contributed by atoms with Crippen LogP contribution in [0.5, 0.6) is 5.75 Å². The minimum absolute atomic E-state index is 0.494. The van der Waals surface area contributed by atoms with Crippen molar-refractivity contribution >= 4 is 0 Å². The number of rotatable bonds is 7. The van der Waals surface area contributed by atoms with Gasteiger partial charge in [0.15, 0.2) is 0 Å². The molecule has 1 atom stereocenters. The highest BCUT2D eigenvalue weighted by Crippen LogP contribution is 2.19.